The SMILES string of the molecule is Cc1cc(S(=O)(=O)N2CC(C)CCC2C)sc1CO. The number of sulfonamides is 1. The monoisotopic (exact) mass is 303 g/mol. The predicted molar refractivity (Wildman–Crippen MR) is 76.7 cm³/mol. The van der Waals surface area contributed by atoms with Crippen LogP contribution in [0.15, 0.2) is 10.3 Å². The molecule has 2 rings (SSSR count). The molecule has 0 saturated carbocycles. The zero-order valence-corrected chi connectivity index (χ0v) is 13.2. The van der Waals surface area contributed by atoms with Crippen LogP contribution >= 0.6 is 11.3 Å². The number of hydrogen-bond acceptors (Lipinski definition) is 4. The molecule has 0 aliphatic carbocycles. The van der Waals surface area contributed by atoms with Gasteiger partial charge in [0.1, 0.15) is 4.21 Å². The summed E-state index contributed by atoms with van der Waals surface area (Å²) in [7, 11) is -3.42. The lowest BCUT2D eigenvalue weighted by atomic mass is 9.97. The summed E-state index contributed by atoms with van der Waals surface area (Å²) in [6.07, 6.45) is 2.00. The summed E-state index contributed by atoms with van der Waals surface area (Å²) in [5.41, 5.74) is 0.851. The van der Waals surface area contributed by atoms with Crippen molar-refractivity contribution in [3.8, 4) is 0 Å². The van der Waals surface area contributed by atoms with Crippen molar-refractivity contribution in [2.24, 2.45) is 5.92 Å². The van der Waals surface area contributed by atoms with Gasteiger partial charge in [0.25, 0.3) is 10.0 Å². The highest BCUT2D eigenvalue weighted by Gasteiger charge is 2.34. The van der Waals surface area contributed by atoms with Crippen LogP contribution in [0.4, 0.5) is 0 Å². The smallest absolute Gasteiger partial charge is 0.252 e. The molecular weight excluding hydrogens is 282 g/mol. The molecule has 0 spiro atoms. The fourth-order valence-electron chi connectivity index (χ4n) is 2.47. The van der Waals surface area contributed by atoms with E-state index in [1.807, 2.05) is 13.8 Å². The Bertz CT molecular complexity index is 550. The summed E-state index contributed by atoms with van der Waals surface area (Å²) >= 11 is 1.18. The first kappa shape index (κ1) is 15.0. The lowest BCUT2D eigenvalue weighted by molar-refractivity contribution is 0.218. The minimum Gasteiger partial charge on any atom is -0.391 e. The average molecular weight is 303 g/mol. The number of nitrogens with zero attached hydrogens (tertiary/aromatic N) is 1. The normalized spacial score (nSPS) is 25.7. The minimum absolute atomic E-state index is 0.0567. The molecule has 1 aromatic heterocycles. The number of rotatable bonds is 3. The number of aliphatic hydroxyl groups excluding tert-OH is 1. The predicted octanol–water partition coefficient (Wildman–Crippen LogP) is 2.36. The molecule has 4 nitrogen and oxygen atoms in total. The molecule has 1 aliphatic rings. The van der Waals surface area contributed by atoms with Crippen LogP contribution in [0.2, 0.25) is 0 Å². The Labute approximate surface area is 119 Å². The molecule has 6 heteroatoms. The zero-order chi connectivity index (χ0) is 14.2. The Hall–Kier alpha value is -0.430. The highest BCUT2D eigenvalue weighted by Crippen LogP contribution is 2.32. The molecule has 108 valence electrons. The zero-order valence-electron chi connectivity index (χ0n) is 11.6. The first-order chi connectivity index (χ1) is 8.86. The van der Waals surface area contributed by atoms with Crippen LogP contribution in [-0.4, -0.2) is 30.4 Å². The highest BCUT2D eigenvalue weighted by atomic mass is 32.2. The second kappa shape index (κ2) is 5.52. The number of piperidine rings is 1. The number of hydrogen-bond donors (Lipinski definition) is 1. The van der Waals surface area contributed by atoms with E-state index in [-0.39, 0.29) is 12.6 Å². The largest absolute Gasteiger partial charge is 0.391 e. The van der Waals surface area contributed by atoms with Gasteiger partial charge in [0.05, 0.1) is 6.61 Å². The van der Waals surface area contributed by atoms with Gasteiger partial charge in [-0.25, -0.2) is 8.42 Å². The Morgan fingerprint density at radius 2 is 2.11 bits per heavy atom. The molecular formula is C13H21NO3S2. The van der Waals surface area contributed by atoms with Crippen LogP contribution in [0.1, 0.15) is 37.1 Å². The topological polar surface area (TPSA) is 57.6 Å². The van der Waals surface area contributed by atoms with Gasteiger partial charge in [-0.15, -0.1) is 11.3 Å². The van der Waals surface area contributed by atoms with Gasteiger partial charge in [-0.05, 0) is 44.2 Å². The van der Waals surface area contributed by atoms with E-state index in [0.29, 0.717) is 16.7 Å². The van der Waals surface area contributed by atoms with Gasteiger partial charge in [-0.1, -0.05) is 6.92 Å². The van der Waals surface area contributed by atoms with Crippen LogP contribution in [0, 0.1) is 12.8 Å². The first-order valence-electron chi connectivity index (χ1n) is 6.58. The van der Waals surface area contributed by atoms with Gasteiger partial charge in [0.2, 0.25) is 0 Å². The molecule has 2 atom stereocenters. The second-order valence-corrected chi connectivity index (χ2v) is 8.69. The number of thiophene rings is 1. The van der Waals surface area contributed by atoms with E-state index in [9.17, 15) is 13.5 Å². The number of aryl methyl sites for hydroxylation is 1. The van der Waals surface area contributed by atoms with Crippen LogP contribution in [0.5, 0.6) is 0 Å². The lowest BCUT2D eigenvalue weighted by Gasteiger charge is -2.35. The molecule has 1 aliphatic heterocycles. The standard InChI is InChI=1S/C13H21NO3S2/c1-9-4-5-11(3)14(7-9)19(16,17)13-6-10(2)12(8-15)18-13/h6,9,11,15H,4-5,7-8H2,1-3H3. The van der Waals surface area contributed by atoms with Gasteiger partial charge in [0.15, 0.2) is 0 Å². The molecule has 0 amide bonds. The average Bonchev–Trinajstić information content (AvgIpc) is 2.74. The Morgan fingerprint density at radius 3 is 2.68 bits per heavy atom. The van der Waals surface area contributed by atoms with E-state index in [4.69, 9.17) is 0 Å². The quantitative estimate of drug-likeness (QED) is 0.932. The van der Waals surface area contributed by atoms with E-state index in [2.05, 4.69) is 6.92 Å². The fourth-order valence-corrected chi connectivity index (χ4v) is 5.83. The third kappa shape index (κ3) is 2.86. The number of aliphatic hydroxyl groups is 1. The molecule has 0 radical (unpaired) electrons. The van der Waals surface area contributed by atoms with Gasteiger partial charge in [-0.2, -0.15) is 4.31 Å². The van der Waals surface area contributed by atoms with Gasteiger partial charge in [0, 0.05) is 17.5 Å². The summed E-state index contributed by atoms with van der Waals surface area (Å²) in [5, 5.41) is 9.20. The summed E-state index contributed by atoms with van der Waals surface area (Å²) in [6, 6.07) is 1.73. The maximum Gasteiger partial charge on any atom is 0.252 e. The molecule has 19 heavy (non-hydrogen) atoms. The highest BCUT2D eigenvalue weighted by molar-refractivity contribution is 7.91. The third-order valence-corrected chi connectivity index (χ3v) is 7.42. The van der Waals surface area contributed by atoms with Crippen LogP contribution < -0.4 is 0 Å². The van der Waals surface area contributed by atoms with Crippen molar-refractivity contribution in [2.75, 3.05) is 6.54 Å². The van der Waals surface area contributed by atoms with E-state index in [1.165, 1.54) is 11.3 Å². The molecule has 0 aromatic carbocycles. The molecule has 2 unspecified atom stereocenters. The van der Waals surface area contributed by atoms with Gasteiger partial charge >= 0.3 is 0 Å². The van der Waals surface area contributed by atoms with Gasteiger partial charge in [-0.3, -0.25) is 0 Å². The Balaban J connectivity index is 2.35. The van der Waals surface area contributed by atoms with Crippen molar-refractivity contribution in [3.63, 3.8) is 0 Å². The van der Waals surface area contributed by atoms with Crippen molar-refractivity contribution in [1.29, 1.82) is 0 Å². The van der Waals surface area contributed by atoms with E-state index in [0.717, 1.165) is 23.3 Å². The third-order valence-electron chi connectivity index (χ3n) is 3.77. The minimum atomic E-state index is -3.42. The Kier molecular flexibility index (Phi) is 4.35. The maximum absolute atomic E-state index is 12.7. The molecule has 1 fully saturated rings. The Morgan fingerprint density at radius 1 is 1.42 bits per heavy atom. The maximum atomic E-state index is 12.7. The molecule has 0 bridgehead atoms. The lowest BCUT2D eigenvalue weighted by Crippen LogP contribution is -2.44. The van der Waals surface area contributed by atoms with Crippen LogP contribution in [-0.2, 0) is 16.6 Å². The van der Waals surface area contributed by atoms with Crippen LogP contribution in [0.25, 0.3) is 0 Å². The second-order valence-electron chi connectivity index (χ2n) is 5.44. The van der Waals surface area contributed by atoms with Crippen molar-refractivity contribution >= 4 is 21.4 Å². The van der Waals surface area contributed by atoms with E-state index >= 15 is 0 Å². The summed E-state index contributed by atoms with van der Waals surface area (Å²) in [5.74, 6) is 0.407. The van der Waals surface area contributed by atoms with Crippen LogP contribution in [0.3, 0.4) is 0 Å². The van der Waals surface area contributed by atoms with Crippen molar-refractivity contribution in [1.82, 2.24) is 4.31 Å². The van der Waals surface area contributed by atoms with Crippen molar-refractivity contribution in [3.05, 3.63) is 16.5 Å². The summed E-state index contributed by atoms with van der Waals surface area (Å²) in [6.45, 7) is 6.39. The molecule has 1 N–H and O–H groups in total. The molecule has 1 aromatic rings. The summed E-state index contributed by atoms with van der Waals surface area (Å²) in [4.78, 5) is 0.733. The molecule has 2 heterocycles. The molecule has 1 saturated heterocycles. The van der Waals surface area contributed by atoms with Gasteiger partial charge < -0.3 is 5.11 Å². The van der Waals surface area contributed by atoms with Crippen molar-refractivity contribution < 1.29 is 13.5 Å². The van der Waals surface area contributed by atoms with Crippen molar-refractivity contribution in [2.45, 2.75) is 50.5 Å². The summed E-state index contributed by atoms with van der Waals surface area (Å²) < 4.78 is 27.3. The van der Waals surface area contributed by atoms with E-state index in [1.54, 1.807) is 10.4 Å². The fraction of sp³-hybridized carbons (Fsp3) is 0.692. The van der Waals surface area contributed by atoms with E-state index < -0.39 is 10.0 Å². The first-order valence-corrected chi connectivity index (χ1v) is 8.84.